The van der Waals surface area contributed by atoms with Crippen LogP contribution in [0.25, 0.3) is 0 Å². The molecule has 6 heteroatoms. The van der Waals surface area contributed by atoms with Gasteiger partial charge in [0.15, 0.2) is 5.78 Å². The lowest BCUT2D eigenvalue weighted by atomic mass is 10.1. The number of sulfonamides is 1. The van der Waals surface area contributed by atoms with Crippen molar-refractivity contribution >= 4 is 15.8 Å². The number of nitrogens with two attached hydrogens (primary N) is 1. The fraction of sp³-hybridized carbons (Fsp3) is 0.222. The smallest absolute Gasteiger partial charge is 0.216 e. The summed E-state index contributed by atoms with van der Waals surface area (Å²) in [5.74, 6) is -1.28. The summed E-state index contributed by atoms with van der Waals surface area (Å²) in [5.41, 5.74) is 0.395. The molecule has 0 aliphatic heterocycles. The number of hydrogen-bond acceptors (Lipinski definition) is 4. The van der Waals surface area contributed by atoms with Gasteiger partial charge in [0.2, 0.25) is 10.0 Å². The molecule has 15 heavy (non-hydrogen) atoms. The Balaban J connectivity index is 2.72. The van der Waals surface area contributed by atoms with E-state index >= 15 is 0 Å². The molecule has 0 amide bonds. The molecule has 3 N–H and O–H groups in total. The first-order chi connectivity index (χ1) is 6.88. The molecule has 0 saturated carbocycles. The summed E-state index contributed by atoms with van der Waals surface area (Å²) in [5, 5.41) is 14.0. The monoisotopic (exact) mass is 229 g/mol. The van der Waals surface area contributed by atoms with Crippen LogP contribution in [0, 0.1) is 0 Å². The van der Waals surface area contributed by atoms with E-state index in [4.69, 9.17) is 5.14 Å². The normalized spacial score (nSPS) is 11.3. The molecular weight excluding hydrogens is 218 g/mol. The van der Waals surface area contributed by atoms with Crippen LogP contribution in [0.4, 0.5) is 0 Å². The van der Waals surface area contributed by atoms with Crippen molar-refractivity contribution in [2.24, 2.45) is 5.14 Å². The highest BCUT2D eigenvalue weighted by atomic mass is 32.2. The van der Waals surface area contributed by atoms with E-state index < -0.39 is 21.6 Å². The minimum absolute atomic E-state index is 0.0275. The van der Waals surface area contributed by atoms with Crippen molar-refractivity contribution in [2.45, 2.75) is 6.42 Å². The zero-order valence-corrected chi connectivity index (χ0v) is 8.70. The van der Waals surface area contributed by atoms with E-state index in [9.17, 15) is 18.3 Å². The number of primary sulfonamides is 1. The summed E-state index contributed by atoms with van der Waals surface area (Å²) < 4.78 is 21.2. The maximum Gasteiger partial charge on any atom is 0.216 e. The maximum atomic E-state index is 11.2. The van der Waals surface area contributed by atoms with E-state index in [0.717, 1.165) is 0 Å². The molecular formula is C9H11NO4S. The van der Waals surface area contributed by atoms with Gasteiger partial charge < -0.3 is 5.11 Å². The zero-order chi connectivity index (χ0) is 11.5. The third-order valence-electron chi connectivity index (χ3n) is 1.74. The molecule has 1 aromatic rings. The molecule has 0 spiro atoms. The van der Waals surface area contributed by atoms with Gasteiger partial charge in [-0.1, -0.05) is 18.2 Å². The Morgan fingerprint density at radius 1 is 1.33 bits per heavy atom. The molecule has 1 rings (SSSR count). The fourth-order valence-corrected chi connectivity index (χ4v) is 1.70. The number of ketones is 1. The second-order valence-electron chi connectivity index (χ2n) is 3.15. The summed E-state index contributed by atoms with van der Waals surface area (Å²) in [6.07, 6.45) is -0.136. The molecule has 82 valence electrons. The average molecular weight is 229 g/mol. The van der Waals surface area contributed by atoms with Crippen molar-refractivity contribution < 1.29 is 18.3 Å². The fourth-order valence-electron chi connectivity index (χ4n) is 1.15. The number of para-hydroxylation sites is 1. The van der Waals surface area contributed by atoms with Gasteiger partial charge in [-0.2, -0.15) is 0 Å². The van der Waals surface area contributed by atoms with Crippen LogP contribution >= 0.6 is 0 Å². The standard InChI is InChI=1S/C9H11NO4S/c10-15(13,14)6-8(11)5-7-3-1-2-4-9(7)12/h1-4,12H,5-6H2,(H2,10,13,14). The molecule has 0 aliphatic rings. The predicted molar refractivity (Wildman–Crippen MR) is 54.8 cm³/mol. The van der Waals surface area contributed by atoms with E-state index in [1.807, 2.05) is 0 Å². The van der Waals surface area contributed by atoms with Gasteiger partial charge in [0.05, 0.1) is 0 Å². The average Bonchev–Trinajstić information content (AvgIpc) is 2.05. The number of aromatic hydroxyl groups is 1. The second kappa shape index (κ2) is 4.41. The lowest BCUT2D eigenvalue weighted by Gasteiger charge is -2.02. The number of phenols is 1. The summed E-state index contributed by atoms with van der Waals surface area (Å²) in [4.78, 5) is 11.2. The highest BCUT2D eigenvalue weighted by molar-refractivity contribution is 7.89. The Kier molecular flexibility index (Phi) is 3.43. The van der Waals surface area contributed by atoms with Crippen LogP contribution in [0.15, 0.2) is 24.3 Å². The first kappa shape index (κ1) is 11.7. The molecule has 0 saturated heterocycles. The Morgan fingerprint density at radius 3 is 2.47 bits per heavy atom. The van der Waals surface area contributed by atoms with Gasteiger partial charge in [0.1, 0.15) is 11.5 Å². The van der Waals surface area contributed by atoms with E-state index in [1.165, 1.54) is 6.07 Å². The highest BCUT2D eigenvalue weighted by Gasteiger charge is 2.13. The van der Waals surface area contributed by atoms with Gasteiger partial charge in [0, 0.05) is 12.0 Å². The van der Waals surface area contributed by atoms with E-state index in [0.29, 0.717) is 5.56 Å². The number of carbonyl (C=O) groups excluding carboxylic acids is 1. The first-order valence-corrected chi connectivity index (χ1v) is 5.89. The zero-order valence-electron chi connectivity index (χ0n) is 7.88. The number of rotatable bonds is 4. The van der Waals surface area contributed by atoms with Crippen LogP contribution in [0.1, 0.15) is 5.56 Å². The lowest BCUT2D eigenvalue weighted by Crippen LogP contribution is -2.24. The minimum atomic E-state index is -3.79. The quantitative estimate of drug-likeness (QED) is 0.746. The Bertz CT molecular complexity index is 467. The van der Waals surface area contributed by atoms with Crippen LogP contribution < -0.4 is 5.14 Å². The van der Waals surface area contributed by atoms with Crippen molar-refractivity contribution in [3.8, 4) is 5.75 Å². The number of benzene rings is 1. The number of hydrogen-bond donors (Lipinski definition) is 2. The lowest BCUT2D eigenvalue weighted by molar-refractivity contribution is -0.116. The molecule has 0 atom stereocenters. The van der Waals surface area contributed by atoms with Gasteiger partial charge in [-0.15, -0.1) is 0 Å². The molecule has 0 aromatic heterocycles. The number of phenolic OH excluding ortho intramolecular Hbond substituents is 1. The summed E-state index contributed by atoms with van der Waals surface area (Å²) in [6.45, 7) is 0. The van der Waals surface area contributed by atoms with Crippen molar-refractivity contribution in [2.75, 3.05) is 5.75 Å². The van der Waals surface area contributed by atoms with Gasteiger partial charge >= 0.3 is 0 Å². The third-order valence-corrected chi connectivity index (χ3v) is 2.47. The number of Topliss-reactive ketones (excluding diaryl/α,β-unsaturated/α-hetero) is 1. The minimum Gasteiger partial charge on any atom is -0.508 e. The molecule has 0 bridgehead atoms. The van der Waals surface area contributed by atoms with Crippen LogP contribution in [0.3, 0.4) is 0 Å². The van der Waals surface area contributed by atoms with Crippen LogP contribution in [-0.4, -0.2) is 25.1 Å². The SMILES string of the molecule is NS(=O)(=O)CC(=O)Cc1ccccc1O. The Morgan fingerprint density at radius 2 is 1.93 bits per heavy atom. The van der Waals surface area contributed by atoms with Crippen LogP contribution in [-0.2, 0) is 21.2 Å². The molecule has 0 radical (unpaired) electrons. The van der Waals surface area contributed by atoms with Crippen molar-refractivity contribution in [3.05, 3.63) is 29.8 Å². The van der Waals surface area contributed by atoms with Gasteiger partial charge in [-0.3, -0.25) is 4.79 Å². The van der Waals surface area contributed by atoms with Crippen LogP contribution in [0.5, 0.6) is 5.75 Å². The topological polar surface area (TPSA) is 97.5 Å². The summed E-state index contributed by atoms with van der Waals surface area (Å²) in [6, 6.07) is 6.25. The van der Waals surface area contributed by atoms with Crippen molar-refractivity contribution in [1.29, 1.82) is 0 Å². The van der Waals surface area contributed by atoms with Crippen molar-refractivity contribution in [3.63, 3.8) is 0 Å². The Hall–Kier alpha value is -1.40. The van der Waals surface area contributed by atoms with E-state index in [1.54, 1.807) is 18.2 Å². The molecule has 0 unspecified atom stereocenters. The van der Waals surface area contributed by atoms with Gasteiger partial charge in [-0.25, -0.2) is 13.6 Å². The molecule has 0 aliphatic carbocycles. The molecule has 0 fully saturated rings. The number of carbonyl (C=O) groups is 1. The second-order valence-corrected chi connectivity index (χ2v) is 4.77. The maximum absolute atomic E-state index is 11.2. The van der Waals surface area contributed by atoms with E-state index in [-0.39, 0.29) is 12.2 Å². The molecule has 0 heterocycles. The largest absolute Gasteiger partial charge is 0.508 e. The van der Waals surface area contributed by atoms with Crippen LogP contribution in [0.2, 0.25) is 0 Å². The summed E-state index contributed by atoms with van der Waals surface area (Å²) >= 11 is 0. The Labute approximate surface area is 87.6 Å². The molecule has 1 aromatic carbocycles. The molecule has 5 nitrogen and oxygen atoms in total. The van der Waals surface area contributed by atoms with Gasteiger partial charge in [-0.05, 0) is 6.07 Å². The van der Waals surface area contributed by atoms with E-state index in [2.05, 4.69) is 0 Å². The van der Waals surface area contributed by atoms with Crippen molar-refractivity contribution in [1.82, 2.24) is 0 Å². The summed E-state index contributed by atoms with van der Waals surface area (Å²) in [7, 11) is -3.79. The highest BCUT2D eigenvalue weighted by Crippen LogP contribution is 2.16. The van der Waals surface area contributed by atoms with Gasteiger partial charge in [0.25, 0.3) is 0 Å². The first-order valence-electron chi connectivity index (χ1n) is 4.17. The predicted octanol–water partition coefficient (Wildman–Crippen LogP) is -0.208. The third kappa shape index (κ3) is 4.09.